The molecule has 3 N–H and O–H groups in total. The summed E-state index contributed by atoms with van der Waals surface area (Å²) >= 11 is 0. The molecule has 2 aromatic carbocycles. The smallest absolute Gasteiger partial charge is 0.407 e. The number of fused-ring (bicyclic) bond motifs is 3. The molecule has 0 bridgehead atoms. The average Bonchev–Trinajstić information content (AvgIpc) is 3.41. The molecule has 1 atom stereocenters. The molecule has 0 saturated heterocycles. The number of hydrogen-bond acceptors (Lipinski definition) is 5. The van der Waals surface area contributed by atoms with Crippen LogP contribution in [0, 0.1) is 5.92 Å². The molecule has 35 heavy (non-hydrogen) atoms. The van der Waals surface area contributed by atoms with E-state index < -0.39 is 12.1 Å². The third-order valence-electron chi connectivity index (χ3n) is 6.14. The molecule has 1 aliphatic rings. The fraction of sp³-hybridized carbons (Fsp3) is 0.308. The van der Waals surface area contributed by atoms with E-state index in [1.165, 1.54) is 28.2 Å². The second-order valence-corrected chi connectivity index (χ2v) is 8.55. The molecule has 2 amide bonds. The third-order valence-corrected chi connectivity index (χ3v) is 6.14. The monoisotopic (exact) mass is 476 g/mol. The van der Waals surface area contributed by atoms with E-state index in [1.807, 2.05) is 31.2 Å². The lowest BCUT2D eigenvalue weighted by Gasteiger charge is -2.17. The summed E-state index contributed by atoms with van der Waals surface area (Å²) in [5, 5.41) is 18.2. The Bertz CT molecular complexity index is 1180. The highest BCUT2D eigenvalue weighted by molar-refractivity contribution is 5.90. The van der Waals surface area contributed by atoms with Crippen molar-refractivity contribution in [1.29, 1.82) is 0 Å². The van der Waals surface area contributed by atoms with Crippen LogP contribution >= 0.6 is 0 Å². The molecule has 0 fully saturated rings. The van der Waals surface area contributed by atoms with Gasteiger partial charge < -0.3 is 20.5 Å². The zero-order valence-electron chi connectivity index (χ0n) is 19.4. The summed E-state index contributed by atoms with van der Waals surface area (Å²) in [6, 6.07) is 16.3. The number of ether oxygens (including phenoxy) is 1. The second kappa shape index (κ2) is 10.9. The van der Waals surface area contributed by atoms with Gasteiger partial charge in [0.05, 0.1) is 11.9 Å². The topological polar surface area (TPSA) is 123 Å². The number of nitrogens with one attached hydrogen (secondary N) is 2. The van der Waals surface area contributed by atoms with Gasteiger partial charge in [0.25, 0.3) is 0 Å². The van der Waals surface area contributed by atoms with Crippen LogP contribution in [-0.4, -0.2) is 46.0 Å². The van der Waals surface area contributed by atoms with Crippen LogP contribution in [0.25, 0.3) is 11.1 Å². The standard InChI is InChI=1S/C26H28N4O5/c1-2-17(11-24(31)29-18-13-28-30(14-18)15-25(32)33)12-27-26(34)35-16-23-21-9-5-3-7-19(21)20-8-4-6-10-22(20)23/h3-10,13-14,17,23H,2,11-12,15-16H2,1H3,(H,27,34)(H,29,31)(H,32,33). The van der Waals surface area contributed by atoms with Gasteiger partial charge in [-0.05, 0) is 28.2 Å². The summed E-state index contributed by atoms with van der Waals surface area (Å²) in [5.74, 6) is -1.34. The second-order valence-electron chi connectivity index (χ2n) is 8.55. The van der Waals surface area contributed by atoms with E-state index in [2.05, 4.69) is 40.0 Å². The van der Waals surface area contributed by atoms with Crippen LogP contribution in [0.15, 0.2) is 60.9 Å². The van der Waals surface area contributed by atoms with Crippen LogP contribution in [0.2, 0.25) is 0 Å². The van der Waals surface area contributed by atoms with Crippen molar-refractivity contribution >= 4 is 23.7 Å². The molecule has 9 nitrogen and oxygen atoms in total. The molecule has 3 aromatic rings. The minimum absolute atomic E-state index is 0.0112. The van der Waals surface area contributed by atoms with E-state index in [-0.39, 0.29) is 37.3 Å². The largest absolute Gasteiger partial charge is 0.480 e. The van der Waals surface area contributed by atoms with E-state index in [4.69, 9.17) is 9.84 Å². The van der Waals surface area contributed by atoms with Crippen LogP contribution in [0.3, 0.4) is 0 Å². The van der Waals surface area contributed by atoms with Crippen molar-refractivity contribution in [3.63, 3.8) is 0 Å². The molecule has 1 aliphatic carbocycles. The first-order valence-corrected chi connectivity index (χ1v) is 11.6. The van der Waals surface area contributed by atoms with Crippen molar-refractivity contribution in [2.45, 2.75) is 32.2 Å². The number of alkyl carbamates (subject to hydrolysis) is 1. The number of anilines is 1. The predicted molar refractivity (Wildman–Crippen MR) is 130 cm³/mol. The fourth-order valence-corrected chi connectivity index (χ4v) is 4.37. The van der Waals surface area contributed by atoms with Crippen molar-refractivity contribution in [3.05, 3.63) is 72.1 Å². The number of amides is 2. The number of hydrogen-bond donors (Lipinski definition) is 3. The van der Waals surface area contributed by atoms with Gasteiger partial charge in [-0.25, -0.2) is 4.79 Å². The van der Waals surface area contributed by atoms with Gasteiger partial charge in [-0.2, -0.15) is 5.10 Å². The lowest BCUT2D eigenvalue weighted by Crippen LogP contribution is -2.32. The molecule has 1 heterocycles. The number of rotatable bonds is 10. The SMILES string of the molecule is CCC(CNC(=O)OCC1c2ccccc2-c2ccccc21)CC(=O)Nc1cnn(CC(=O)O)c1. The van der Waals surface area contributed by atoms with E-state index in [0.717, 1.165) is 11.1 Å². The third kappa shape index (κ3) is 5.87. The Morgan fingerprint density at radius 3 is 2.37 bits per heavy atom. The Hall–Kier alpha value is -4.14. The number of carboxylic acid groups (broad SMARTS) is 1. The van der Waals surface area contributed by atoms with Gasteiger partial charge in [0.2, 0.25) is 5.91 Å². The number of carbonyl (C=O) groups is 3. The maximum Gasteiger partial charge on any atom is 0.407 e. The summed E-state index contributed by atoms with van der Waals surface area (Å²) < 4.78 is 6.79. The maximum absolute atomic E-state index is 12.4. The van der Waals surface area contributed by atoms with Gasteiger partial charge in [0.1, 0.15) is 13.2 Å². The van der Waals surface area contributed by atoms with Crippen molar-refractivity contribution in [1.82, 2.24) is 15.1 Å². The Balaban J connectivity index is 1.25. The Morgan fingerprint density at radius 1 is 1.09 bits per heavy atom. The van der Waals surface area contributed by atoms with Gasteiger partial charge in [0.15, 0.2) is 0 Å². The van der Waals surface area contributed by atoms with Gasteiger partial charge in [-0.1, -0.05) is 61.9 Å². The van der Waals surface area contributed by atoms with Crippen LogP contribution in [0.4, 0.5) is 10.5 Å². The zero-order valence-corrected chi connectivity index (χ0v) is 19.4. The summed E-state index contributed by atoms with van der Waals surface area (Å²) in [6.07, 6.45) is 3.23. The maximum atomic E-state index is 12.4. The molecule has 0 spiro atoms. The van der Waals surface area contributed by atoms with Gasteiger partial charge >= 0.3 is 12.1 Å². The average molecular weight is 477 g/mol. The molecule has 4 rings (SSSR count). The molecular formula is C26H28N4O5. The van der Waals surface area contributed by atoms with Crippen molar-refractivity contribution in [2.24, 2.45) is 5.92 Å². The minimum Gasteiger partial charge on any atom is -0.480 e. The summed E-state index contributed by atoms with van der Waals surface area (Å²) in [4.78, 5) is 35.6. The minimum atomic E-state index is -1.02. The van der Waals surface area contributed by atoms with Crippen LogP contribution in [0.1, 0.15) is 36.8 Å². The normalized spacial score (nSPS) is 12.9. The fourth-order valence-electron chi connectivity index (χ4n) is 4.37. The van der Waals surface area contributed by atoms with Crippen LogP contribution in [-0.2, 0) is 20.9 Å². The zero-order chi connectivity index (χ0) is 24.8. The van der Waals surface area contributed by atoms with Gasteiger partial charge in [-0.15, -0.1) is 0 Å². The van der Waals surface area contributed by atoms with Crippen molar-refractivity contribution in [2.75, 3.05) is 18.5 Å². The number of benzene rings is 2. The first-order valence-electron chi connectivity index (χ1n) is 11.6. The molecule has 1 aromatic heterocycles. The summed E-state index contributed by atoms with van der Waals surface area (Å²) in [7, 11) is 0. The highest BCUT2D eigenvalue weighted by atomic mass is 16.5. The summed E-state index contributed by atoms with van der Waals surface area (Å²) in [5.41, 5.74) is 5.06. The van der Waals surface area contributed by atoms with Crippen LogP contribution < -0.4 is 10.6 Å². The molecule has 0 saturated carbocycles. The van der Waals surface area contributed by atoms with E-state index >= 15 is 0 Å². The molecule has 0 aliphatic heterocycles. The molecule has 182 valence electrons. The Kier molecular flexibility index (Phi) is 7.45. The van der Waals surface area contributed by atoms with Gasteiger partial charge in [-0.3, -0.25) is 14.3 Å². The number of carbonyl (C=O) groups excluding carboxylic acids is 2. The Labute approximate surface area is 203 Å². The number of nitrogens with zero attached hydrogens (tertiary/aromatic N) is 2. The van der Waals surface area contributed by atoms with Crippen molar-refractivity contribution in [3.8, 4) is 11.1 Å². The number of aliphatic carboxylic acids is 1. The first-order chi connectivity index (χ1) is 16.9. The predicted octanol–water partition coefficient (Wildman–Crippen LogP) is 3.86. The van der Waals surface area contributed by atoms with Gasteiger partial charge in [0, 0.05) is 25.1 Å². The summed E-state index contributed by atoms with van der Waals surface area (Å²) in [6.45, 7) is 2.20. The molecule has 9 heteroatoms. The van der Waals surface area contributed by atoms with Crippen molar-refractivity contribution < 1.29 is 24.2 Å². The first kappa shape index (κ1) is 24.0. The van der Waals surface area contributed by atoms with E-state index in [1.54, 1.807) is 0 Å². The lowest BCUT2D eigenvalue weighted by atomic mass is 9.98. The molecule has 1 unspecified atom stereocenters. The highest BCUT2D eigenvalue weighted by Gasteiger charge is 2.29. The molecular weight excluding hydrogens is 448 g/mol. The quantitative estimate of drug-likeness (QED) is 0.408. The number of carboxylic acids is 1. The molecule has 0 radical (unpaired) electrons. The van der Waals surface area contributed by atoms with E-state index in [9.17, 15) is 14.4 Å². The highest BCUT2D eigenvalue weighted by Crippen LogP contribution is 2.44. The number of aromatic nitrogens is 2. The Morgan fingerprint density at radius 2 is 1.74 bits per heavy atom. The van der Waals surface area contributed by atoms with E-state index in [0.29, 0.717) is 18.7 Å². The van der Waals surface area contributed by atoms with Crippen LogP contribution in [0.5, 0.6) is 0 Å². The lowest BCUT2D eigenvalue weighted by molar-refractivity contribution is -0.137.